The minimum Gasteiger partial charge on any atom is -0.493 e. The molecule has 1 saturated heterocycles. The van der Waals surface area contributed by atoms with Crippen LogP contribution in [0.3, 0.4) is 0 Å². The number of methoxy groups -OCH3 is 1. The summed E-state index contributed by atoms with van der Waals surface area (Å²) in [6, 6.07) is 6.85. The van der Waals surface area contributed by atoms with E-state index in [4.69, 9.17) is 9.47 Å². The van der Waals surface area contributed by atoms with Crippen LogP contribution < -0.4 is 14.8 Å². The van der Waals surface area contributed by atoms with Crippen molar-refractivity contribution in [2.45, 2.75) is 33.2 Å². The van der Waals surface area contributed by atoms with E-state index in [0.29, 0.717) is 18.6 Å². The largest absolute Gasteiger partial charge is 0.493 e. The van der Waals surface area contributed by atoms with Gasteiger partial charge in [-0.05, 0) is 30.5 Å². The zero-order valence-electron chi connectivity index (χ0n) is 14.4. The number of rotatable bonds is 7. The lowest BCUT2D eigenvalue weighted by atomic mass is 9.90. The number of ether oxygens (including phenoxy) is 2. The SMILES string of the molecule is CCOc1ccc([C@@H](C(C)CC)N2CCNCC2)cc1OC. The van der Waals surface area contributed by atoms with Crippen LogP contribution >= 0.6 is 0 Å². The summed E-state index contributed by atoms with van der Waals surface area (Å²) in [5.41, 5.74) is 1.33. The summed E-state index contributed by atoms with van der Waals surface area (Å²) >= 11 is 0. The van der Waals surface area contributed by atoms with Crippen LogP contribution in [0.5, 0.6) is 11.5 Å². The van der Waals surface area contributed by atoms with E-state index >= 15 is 0 Å². The van der Waals surface area contributed by atoms with Crippen LogP contribution in [0.25, 0.3) is 0 Å². The maximum absolute atomic E-state index is 5.65. The van der Waals surface area contributed by atoms with Gasteiger partial charge in [-0.3, -0.25) is 4.90 Å². The lowest BCUT2D eigenvalue weighted by molar-refractivity contribution is 0.128. The number of nitrogens with one attached hydrogen (secondary N) is 1. The summed E-state index contributed by atoms with van der Waals surface area (Å²) in [5.74, 6) is 2.28. The third kappa shape index (κ3) is 3.93. The second-order valence-electron chi connectivity index (χ2n) is 5.96. The molecule has 0 amide bonds. The highest BCUT2D eigenvalue weighted by molar-refractivity contribution is 5.44. The Labute approximate surface area is 134 Å². The molecule has 4 nitrogen and oxygen atoms in total. The molecular formula is C18H30N2O2. The summed E-state index contributed by atoms with van der Waals surface area (Å²) in [6.07, 6.45) is 1.17. The molecule has 1 unspecified atom stereocenters. The number of piperazine rings is 1. The fourth-order valence-corrected chi connectivity index (χ4v) is 3.23. The first kappa shape index (κ1) is 17.1. The van der Waals surface area contributed by atoms with Crippen molar-refractivity contribution in [3.8, 4) is 11.5 Å². The van der Waals surface area contributed by atoms with Crippen molar-refractivity contribution in [3.63, 3.8) is 0 Å². The van der Waals surface area contributed by atoms with Crippen LogP contribution in [0.15, 0.2) is 18.2 Å². The second kappa shape index (κ2) is 8.39. The van der Waals surface area contributed by atoms with Gasteiger partial charge in [0.1, 0.15) is 0 Å². The minimum atomic E-state index is 0.441. The lowest BCUT2D eigenvalue weighted by Crippen LogP contribution is -2.46. The zero-order valence-corrected chi connectivity index (χ0v) is 14.4. The van der Waals surface area contributed by atoms with E-state index in [2.05, 4.69) is 42.3 Å². The maximum atomic E-state index is 5.65. The molecule has 1 heterocycles. The summed E-state index contributed by atoms with van der Waals surface area (Å²) in [4.78, 5) is 2.60. The predicted octanol–water partition coefficient (Wildman–Crippen LogP) is 3.09. The Morgan fingerprint density at radius 1 is 1.18 bits per heavy atom. The molecule has 0 bridgehead atoms. The Morgan fingerprint density at radius 2 is 1.91 bits per heavy atom. The number of benzene rings is 1. The molecule has 0 spiro atoms. The van der Waals surface area contributed by atoms with Gasteiger partial charge < -0.3 is 14.8 Å². The van der Waals surface area contributed by atoms with E-state index in [1.54, 1.807) is 7.11 Å². The Kier molecular flexibility index (Phi) is 6.52. The smallest absolute Gasteiger partial charge is 0.161 e. The molecule has 2 atom stereocenters. The molecule has 22 heavy (non-hydrogen) atoms. The molecule has 1 aromatic rings. The average Bonchev–Trinajstić information content (AvgIpc) is 2.57. The Morgan fingerprint density at radius 3 is 2.50 bits per heavy atom. The van der Waals surface area contributed by atoms with Crippen molar-refractivity contribution in [1.82, 2.24) is 10.2 Å². The topological polar surface area (TPSA) is 33.7 Å². The van der Waals surface area contributed by atoms with Gasteiger partial charge in [0.15, 0.2) is 11.5 Å². The highest BCUT2D eigenvalue weighted by Gasteiger charge is 2.27. The lowest BCUT2D eigenvalue weighted by Gasteiger charge is -2.38. The molecule has 0 aromatic heterocycles. The van der Waals surface area contributed by atoms with Gasteiger partial charge in [0, 0.05) is 32.2 Å². The molecule has 2 rings (SSSR count). The van der Waals surface area contributed by atoms with Gasteiger partial charge in [-0.2, -0.15) is 0 Å². The van der Waals surface area contributed by atoms with Crippen molar-refractivity contribution in [2.24, 2.45) is 5.92 Å². The van der Waals surface area contributed by atoms with Gasteiger partial charge in [0.2, 0.25) is 0 Å². The van der Waals surface area contributed by atoms with Gasteiger partial charge in [-0.1, -0.05) is 26.3 Å². The normalized spacial score (nSPS) is 18.7. The van der Waals surface area contributed by atoms with Gasteiger partial charge in [-0.25, -0.2) is 0 Å². The van der Waals surface area contributed by atoms with Crippen LogP contribution in [0.4, 0.5) is 0 Å². The monoisotopic (exact) mass is 306 g/mol. The third-order valence-electron chi connectivity index (χ3n) is 4.56. The van der Waals surface area contributed by atoms with Gasteiger partial charge >= 0.3 is 0 Å². The van der Waals surface area contributed by atoms with Crippen LogP contribution in [0, 0.1) is 5.92 Å². The first-order chi connectivity index (χ1) is 10.7. The molecule has 1 fully saturated rings. The number of hydrogen-bond donors (Lipinski definition) is 1. The summed E-state index contributed by atoms with van der Waals surface area (Å²) in [6.45, 7) is 11.6. The molecule has 1 N–H and O–H groups in total. The van der Waals surface area contributed by atoms with E-state index in [0.717, 1.165) is 37.7 Å². The molecule has 0 aliphatic carbocycles. The first-order valence-electron chi connectivity index (χ1n) is 8.46. The van der Waals surface area contributed by atoms with E-state index < -0.39 is 0 Å². The fourth-order valence-electron chi connectivity index (χ4n) is 3.23. The molecule has 1 aromatic carbocycles. The summed E-state index contributed by atoms with van der Waals surface area (Å²) < 4.78 is 11.2. The maximum Gasteiger partial charge on any atom is 0.161 e. The second-order valence-corrected chi connectivity index (χ2v) is 5.96. The van der Waals surface area contributed by atoms with E-state index in [9.17, 15) is 0 Å². The van der Waals surface area contributed by atoms with Crippen LogP contribution in [0.1, 0.15) is 38.8 Å². The van der Waals surface area contributed by atoms with Gasteiger partial charge in [-0.15, -0.1) is 0 Å². The van der Waals surface area contributed by atoms with Gasteiger partial charge in [0.05, 0.1) is 13.7 Å². The fraction of sp³-hybridized carbons (Fsp3) is 0.667. The Balaban J connectivity index is 2.29. The molecular weight excluding hydrogens is 276 g/mol. The first-order valence-corrected chi connectivity index (χ1v) is 8.46. The molecule has 0 radical (unpaired) electrons. The molecule has 4 heteroatoms. The number of hydrogen-bond acceptors (Lipinski definition) is 4. The summed E-state index contributed by atoms with van der Waals surface area (Å²) in [7, 11) is 1.71. The molecule has 124 valence electrons. The average molecular weight is 306 g/mol. The van der Waals surface area contributed by atoms with Crippen molar-refractivity contribution >= 4 is 0 Å². The Bertz CT molecular complexity index is 458. The Hall–Kier alpha value is -1.26. The predicted molar refractivity (Wildman–Crippen MR) is 90.8 cm³/mol. The van der Waals surface area contributed by atoms with E-state index in [1.807, 2.05) is 6.92 Å². The standard InChI is InChI=1S/C18H30N2O2/c1-5-14(3)18(20-11-9-19-10-12-20)15-7-8-16(22-6-2)17(13-15)21-4/h7-8,13-14,18-19H,5-6,9-12H2,1-4H3/t14?,18-/m1/s1. The van der Waals surface area contributed by atoms with Crippen molar-refractivity contribution in [2.75, 3.05) is 39.9 Å². The van der Waals surface area contributed by atoms with Crippen LogP contribution in [-0.2, 0) is 0 Å². The zero-order chi connectivity index (χ0) is 15.9. The van der Waals surface area contributed by atoms with Crippen molar-refractivity contribution < 1.29 is 9.47 Å². The van der Waals surface area contributed by atoms with E-state index in [-0.39, 0.29) is 0 Å². The number of nitrogens with zero attached hydrogens (tertiary/aromatic N) is 1. The highest BCUT2D eigenvalue weighted by Crippen LogP contribution is 2.36. The molecule has 0 saturated carbocycles. The quantitative estimate of drug-likeness (QED) is 0.839. The van der Waals surface area contributed by atoms with Crippen LogP contribution in [0.2, 0.25) is 0 Å². The molecule has 1 aliphatic heterocycles. The minimum absolute atomic E-state index is 0.441. The molecule has 1 aliphatic rings. The van der Waals surface area contributed by atoms with E-state index in [1.165, 1.54) is 12.0 Å². The summed E-state index contributed by atoms with van der Waals surface area (Å²) in [5, 5.41) is 3.44. The third-order valence-corrected chi connectivity index (χ3v) is 4.56. The van der Waals surface area contributed by atoms with Gasteiger partial charge in [0.25, 0.3) is 0 Å². The highest BCUT2D eigenvalue weighted by atomic mass is 16.5. The van der Waals surface area contributed by atoms with Crippen molar-refractivity contribution in [1.29, 1.82) is 0 Å². The van der Waals surface area contributed by atoms with Crippen molar-refractivity contribution in [3.05, 3.63) is 23.8 Å². The van der Waals surface area contributed by atoms with Crippen LogP contribution in [-0.4, -0.2) is 44.8 Å².